The SMILES string of the molecule is Cc1ccccc1N1C(=O)c2ccc3ccccc3c2C1=O. The third-order valence-corrected chi connectivity index (χ3v) is 4.14. The van der Waals surface area contributed by atoms with Crippen molar-refractivity contribution >= 4 is 28.3 Å². The zero-order valence-electron chi connectivity index (χ0n) is 12.0. The molecule has 0 N–H and O–H groups in total. The van der Waals surface area contributed by atoms with Crippen LogP contribution in [0.25, 0.3) is 10.8 Å². The van der Waals surface area contributed by atoms with Crippen molar-refractivity contribution in [3.05, 3.63) is 77.4 Å². The fourth-order valence-electron chi connectivity index (χ4n) is 3.04. The molecule has 0 bridgehead atoms. The average molecular weight is 287 g/mol. The molecule has 0 unspecified atom stereocenters. The predicted octanol–water partition coefficient (Wildman–Crippen LogP) is 3.95. The molecule has 106 valence electrons. The van der Waals surface area contributed by atoms with E-state index in [2.05, 4.69) is 0 Å². The second kappa shape index (κ2) is 4.53. The molecule has 0 fully saturated rings. The zero-order valence-corrected chi connectivity index (χ0v) is 12.0. The lowest BCUT2D eigenvalue weighted by Gasteiger charge is -2.16. The lowest BCUT2D eigenvalue weighted by molar-refractivity contribution is 0.0926. The lowest BCUT2D eigenvalue weighted by Crippen LogP contribution is -2.30. The minimum absolute atomic E-state index is 0.244. The van der Waals surface area contributed by atoms with Gasteiger partial charge in [-0.2, -0.15) is 0 Å². The minimum atomic E-state index is -0.250. The first-order chi connectivity index (χ1) is 10.7. The number of carbonyl (C=O) groups is 2. The molecule has 0 atom stereocenters. The van der Waals surface area contributed by atoms with Gasteiger partial charge < -0.3 is 0 Å². The van der Waals surface area contributed by atoms with Crippen molar-refractivity contribution < 1.29 is 9.59 Å². The second-order valence-corrected chi connectivity index (χ2v) is 5.44. The Balaban J connectivity index is 1.97. The highest BCUT2D eigenvalue weighted by molar-refractivity contribution is 6.37. The van der Waals surface area contributed by atoms with Gasteiger partial charge in [-0.1, -0.05) is 48.5 Å². The fourth-order valence-corrected chi connectivity index (χ4v) is 3.04. The summed E-state index contributed by atoms with van der Waals surface area (Å²) in [5.41, 5.74) is 2.54. The Morgan fingerprint density at radius 2 is 1.50 bits per heavy atom. The highest BCUT2D eigenvalue weighted by atomic mass is 16.2. The van der Waals surface area contributed by atoms with Gasteiger partial charge in [0.2, 0.25) is 0 Å². The number of imide groups is 1. The molecule has 0 saturated carbocycles. The number of carbonyl (C=O) groups excluding carboxylic acids is 2. The van der Waals surface area contributed by atoms with Crippen molar-refractivity contribution in [1.82, 2.24) is 0 Å². The number of hydrogen-bond acceptors (Lipinski definition) is 2. The van der Waals surface area contributed by atoms with Crippen molar-refractivity contribution in [2.24, 2.45) is 0 Å². The van der Waals surface area contributed by atoms with Gasteiger partial charge in [0, 0.05) is 0 Å². The van der Waals surface area contributed by atoms with E-state index in [9.17, 15) is 9.59 Å². The Morgan fingerprint density at radius 3 is 2.32 bits per heavy atom. The maximum absolute atomic E-state index is 12.9. The van der Waals surface area contributed by atoms with Gasteiger partial charge in [-0.3, -0.25) is 9.59 Å². The van der Waals surface area contributed by atoms with E-state index in [0.29, 0.717) is 16.8 Å². The highest BCUT2D eigenvalue weighted by Gasteiger charge is 2.38. The largest absolute Gasteiger partial charge is 0.268 e. The third-order valence-electron chi connectivity index (χ3n) is 4.14. The van der Waals surface area contributed by atoms with Gasteiger partial charge in [0.05, 0.1) is 16.8 Å². The van der Waals surface area contributed by atoms with E-state index in [4.69, 9.17) is 0 Å². The summed E-state index contributed by atoms with van der Waals surface area (Å²) in [5.74, 6) is -0.494. The summed E-state index contributed by atoms with van der Waals surface area (Å²) < 4.78 is 0. The standard InChI is InChI=1S/C19H13NO2/c1-12-6-2-5-9-16(12)20-18(21)15-11-10-13-7-3-4-8-14(13)17(15)19(20)22/h2-11H,1H3. The molecule has 0 radical (unpaired) electrons. The van der Waals surface area contributed by atoms with E-state index < -0.39 is 0 Å². The van der Waals surface area contributed by atoms with Crippen molar-refractivity contribution in [2.75, 3.05) is 4.90 Å². The molecule has 3 heteroatoms. The van der Waals surface area contributed by atoms with Crippen LogP contribution in [0.3, 0.4) is 0 Å². The fraction of sp³-hybridized carbons (Fsp3) is 0.0526. The number of rotatable bonds is 1. The second-order valence-electron chi connectivity index (χ2n) is 5.44. The summed E-state index contributed by atoms with van der Waals surface area (Å²) in [6.45, 7) is 1.90. The molecule has 22 heavy (non-hydrogen) atoms. The first-order valence-corrected chi connectivity index (χ1v) is 7.14. The molecule has 1 aliphatic rings. The van der Waals surface area contributed by atoms with E-state index in [1.807, 2.05) is 55.5 Å². The molecule has 3 aromatic rings. The van der Waals surface area contributed by atoms with Crippen LogP contribution < -0.4 is 4.90 Å². The number of anilines is 1. The van der Waals surface area contributed by atoms with Crippen molar-refractivity contribution in [3.63, 3.8) is 0 Å². The zero-order chi connectivity index (χ0) is 15.3. The number of nitrogens with zero attached hydrogens (tertiary/aromatic N) is 1. The monoisotopic (exact) mass is 287 g/mol. The van der Waals surface area contributed by atoms with Gasteiger partial charge in [0.15, 0.2) is 0 Å². The number of para-hydroxylation sites is 1. The Kier molecular flexibility index (Phi) is 2.63. The number of benzene rings is 3. The third kappa shape index (κ3) is 1.62. The van der Waals surface area contributed by atoms with E-state index in [1.54, 1.807) is 12.1 Å². The number of aryl methyl sites for hydroxylation is 1. The van der Waals surface area contributed by atoms with Crippen molar-refractivity contribution in [1.29, 1.82) is 0 Å². The molecular formula is C19H13NO2. The van der Waals surface area contributed by atoms with Gasteiger partial charge in [0.25, 0.3) is 11.8 Å². The molecule has 0 aromatic heterocycles. The molecule has 0 spiro atoms. The van der Waals surface area contributed by atoms with Crippen LogP contribution in [0.2, 0.25) is 0 Å². The van der Waals surface area contributed by atoms with Crippen LogP contribution in [-0.2, 0) is 0 Å². The van der Waals surface area contributed by atoms with Gasteiger partial charge in [0.1, 0.15) is 0 Å². The summed E-state index contributed by atoms with van der Waals surface area (Å²) in [7, 11) is 0. The van der Waals surface area contributed by atoms with Gasteiger partial charge in [-0.25, -0.2) is 4.90 Å². The Hall–Kier alpha value is -2.94. The van der Waals surface area contributed by atoms with Crippen molar-refractivity contribution in [3.8, 4) is 0 Å². The Morgan fingerprint density at radius 1 is 0.773 bits per heavy atom. The van der Waals surface area contributed by atoms with Crippen molar-refractivity contribution in [2.45, 2.75) is 6.92 Å². The van der Waals surface area contributed by atoms with Crippen LogP contribution in [0.4, 0.5) is 5.69 Å². The predicted molar refractivity (Wildman–Crippen MR) is 86.3 cm³/mol. The quantitative estimate of drug-likeness (QED) is 0.635. The minimum Gasteiger partial charge on any atom is -0.268 e. The first-order valence-electron chi connectivity index (χ1n) is 7.14. The van der Waals surface area contributed by atoms with Gasteiger partial charge >= 0.3 is 0 Å². The maximum atomic E-state index is 12.9. The average Bonchev–Trinajstić information content (AvgIpc) is 2.80. The molecular weight excluding hydrogens is 274 g/mol. The molecule has 4 rings (SSSR count). The number of hydrogen-bond donors (Lipinski definition) is 0. The molecule has 0 saturated heterocycles. The van der Waals surface area contributed by atoms with Gasteiger partial charge in [-0.05, 0) is 35.4 Å². The summed E-state index contributed by atoms with van der Waals surface area (Å²) in [5, 5.41) is 1.79. The summed E-state index contributed by atoms with van der Waals surface area (Å²) >= 11 is 0. The van der Waals surface area contributed by atoms with Crippen LogP contribution in [0.5, 0.6) is 0 Å². The van der Waals surface area contributed by atoms with Crippen LogP contribution in [0.1, 0.15) is 26.3 Å². The highest BCUT2D eigenvalue weighted by Crippen LogP contribution is 2.34. The lowest BCUT2D eigenvalue weighted by atomic mass is 10.0. The normalized spacial score (nSPS) is 13.8. The molecule has 3 aromatic carbocycles. The molecule has 1 heterocycles. The van der Waals surface area contributed by atoms with E-state index in [0.717, 1.165) is 16.3 Å². The van der Waals surface area contributed by atoms with E-state index >= 15 is 0 Å². The van der Waals surface area contributed by atoms with Crippen LogP contribution in [0, 0.1) is 6.92 Å². The Bertz CT molecular complexity index is 943. The van der Waals surface area contributed by atoms with Crippen LogP contribution >= 0.6 is 0 Å². The Labute approximate surface area is 127 Å². The summed E-state index contributed by atoms with van der Waals surface area (Å²) in [6, 6.07) is 18.7. The molecule has 2 amide bonds. The molecule has 0 aliphatic carbocycles. The van der Waals surface area contributed by atoms with Crippen LogP contribution in [-0.4, -0.2) is 11.8 Å². The molecule has 3 nitrogen and oxygen atoms in total. The van der Waals surface area contributed by atoms with E-state index in [-0.39, 0.29) is 11.8 Å². The van der Waals surface area contributed by atoms with Gasteiger partial charge in [-0.15, -0.1) is 0 Å². The smallest absolute Gasteiger partial charge is 0.266 e. The maximum Gasteiger partial charge on any atom is 0.266 e. The van der Waals surface area contributed by atoms with Crippen LogP contribution in [0.15, 0.2) is 60.7 Å². The number of amides is 2. The molecule has 1 aliphatic heterocycles. The summed E-state index contributed by atoms with van der Waals surface area (Å²) in [6.07, 6.45) is 0. The number of fused-ring (bicyclic) bond motifs is 3. The summed E-state index contributed by atoms with van der Waals surface area (Å²) in [4.78, 5) is 26.9. The topological polar surface area (TPSA) is 37.4 Å². The first kappa shape index (κ1) is 12.8. The van der Waals surface area contributed by atoms with E-state index in [1.165, 1.54) is 4.90 Å².